The summed E-state index contributed by atoms with van der Waals surface area (Å²) in [4.78, 5) is 26.4. The van der Waals surface area contributed by atoms with Crippen LogP contribution in [0.3, 0.4) is 0 Å². The van der Waals surface area contributed by atoms with Gasteiger partial charge < -0.3 is 20.5 Å². The predicted molar refractivity (Wildman–Crippen MR) is 157 cm³/mol. The molecule has 41 heavy (non-hydrogen) atoms. The molecule has 2 fully saturated rings. The van der Waals surface area contributed by atoms with Crippen molar-refractivity contribution in [3.63, 3.8) is 0 Å². The molecular weight excluding hydrogens is 552 g/mol. The number of aliphatic hydroxyl groups is 1. The minimum Gasteiger partial charge on any atom is -0.491 e. The molecule has 3 heterocycles. The molecule has 0 amide bonds. The van der Waals surface area contributed by atoms with Crippen LogP contribution < -0.4 is 15.4 Å². The number of Topliss-reactive ketones (excluding diaryl/α,β-unsaturated/α-hetero) is 1. The number of aromatic nitrogens is 2. The summed E-state index contributed by atoms with van der Waals surface area (Å²) in [6.45, 7) is 9.54. The van der Waals surface area contributed by atoms with Gasteiger partial charge in [0.1, 0.15) is 18.2 Å². The first-order chi connectivity index (χ1) is 19.4. The first-order valence-electron chi connectivity index (χ1n) is 14.2. The highest BCUT2D eigenvalue weighted by molar-refractivity contribution is 6.33. The predicted octanol–water partition coefficient (Wildman–Crippen LogP) is 5.09. The number of hydrogen-bond acceptors (Lipinski definition) is 8. The standard InChI is InChI=1S/C30H40ClF2N5O3/c1-5-7-21(40)14-41-22-8-9-24(31)23(12-22)28-35-27(26(19(3)34)20(4)39)18(2)29(36-28)38-16-30(17-38)10-6-11-37(15-30)13-25(32)33/h8-9,12,21,25,40H,5-7,10-11,13-17,34H2,1-4H3/t21-/m1/s1. The zero-order valence-electron chi connectivity index (χ0n) is 24.2. The molecule has 2 aliphatic heterocycles. The molecule has 2 aromatic rings. The zero-order chi connectivity index (χ0) is 29.9. The van der Waals surface area contributed by atoms with Crippen LogP contribution in [0.2, 0.25) is 5.02 Å². The lowest BCUT2D eigenvalue weighted by Crippen LogP contribution is -2.63. The number of benzene rings is 1. The van der Waals surface area contributed by atoms with E-state index in [2.05, 4.69) is 4.90 Å². The molecule has 0 radical (unpaired) electrons. The summed E-state index contributed by atoms with van der Waals surface area (Å²) < 4.78 is 32.0. The number of piperidine rings is 1. The molecule has 3 N–H and O–H groups in total. The molecule has 0 unspecified atom stereocenters. The number of halogens is 3. The molecule has 11 heteroatoms. The van der Waals surface area contributed by atoms with E-state index >= 15 is 0 Å². The summed E-state index contributed by atoms with van der Waals surface area (Å²) in [5.74, 6) is 1.26. The van der Waals surface area contributed by atoms with E-state index in [-0.39, 0.29) is 24.3 Å². The monoisotopic (exact) mass is 591 g/mol. The van der Waals surface area contributed by atoms with E-state index in [1.807, 2.05) is 18.7 Å². The first-order valence-corrected chi connectivity index (χ1v) is 14.5. The van der Waals surface area contributed by atoms with Crippen molar-refractivity contribution >= 4 is 28.8 Å². The summed E-state index contributed by atoms with van der Waals surface area (Å²) in [5.41, 5.74) is 8.40. The minimum absolute atomic E-state index is 0.0847. The van der Waals surface area contributed by atoms with E-state index in [4.69, 9.17) is 32.0 Å². The second-order valence-corrected chi connectivity index (χ2v) is 11.8. The van der Waals surface area contributed by atoms with Crippen molar-refractivity contribution in [1.29, 1.82) is 0 Å². The van der Waals surface area contributed by atoms with Gasteiger partial charge in [0, 0.05) is 41.9 Å². The first kappa shape index (κ1) is 31.1. The van der Waals surface area contributed by atoms with Crippen LogP contribution in [0, 0.1) is 12.3 Å². The van der Waals surface area contributed by atoms with Gasteiger partial charge in [0.05, 0.1) is 28.9 Å². The highest BCUT2D eigenvalue weighted by Crippen LogP contribution is 2.43. The van der Waals surface area contributed by atoms with Crippen LogP contribution in [0.4, 0.5) is 14.6 Å². The van der Waals surface area contributed by atoms with Crippen LogP contribution in [0.15, 0.2) is 23.9 Å². The van der Waals surface area contributed by atoms with E-state index in [0.29, 0.717) is 83.1 Å². The largest absolute Gasteiger partial charge is 0.491 e. The number of nitrogens with two attached hydrogens (primary N) is 1. The number of aliphatic hydroxyl groups excluding tert-OH is 1. The van der Waals surface area contributed by atoms with Crippen molar-refractivity contribution in [2.45, 2.75) is 65.9 Å². The van der Waals surface area contributed by atoms with Gasteiger partial charge in [-0.05, 0) is 64.8 Å². The van der Waals surface area contributed by atoms with E-state index in [0.717, 1.165) is 19.3 Å². The molecular formula is C30H40ClF2N5O3. The molecule has 4 rings (SSSR count). The molecule has 2 aliphatic rings. The smallest absolute Gasteiger partial charge is 0.251 e. The van der Waals surface area contributed by atoms with E-state index in [9.17, 15) is 18.7 Å². The SMILES string of the molecule is CCC[C@@H](O)COc1ccc(Cl)c(-c2nc(C(C(C)=O)=C(C)N)c(C)c(N3CC4(CCCN(CC(F)F)C4)C3)n2)c1. The number of hydrogen-bond donors (Lipinski definition) is 2. The van der Waals surface area contributed by atoms with Crippen molar-refractivity contribution in [2.24, 2.45) is 11.1 Å². The summed E-state index contributed by atoms with van der Waals surface area (Å²) in [6, 6.07) is 5.14. The van der Waals surface area contributed by atoms with Crippen molar-refractivity contribution in [2.75, 3.05) is 44.2 Å². The Morgan fingerprint density at radius 1 is 1.24 bits per heavy atom. The van der Waals surface area contributed by atoms with Crippen LogP contribution in [-0.2, 0) is 4.79 Å². The Balaban J connectivity index is 1.71. The number of allylic oxidation sites excluding steroid dienone is 2. The average molecular weight is 592 g/mol. The number of alkyl halides is 2. The van der Waals surface area contributed by atoms with E-state index < -0.39 is 12.5 Å². The van der Waals surface area contributed by atoms with Crippen molar-refractivity contribution in [1.82, 2.24) is 14.9 Å². The quantitative estimate of drug-likeness (QED) is 0.348. The summed E-state index contributed by atoms with van der Waals surface area (Å²) in [6.07, 6.45) is 0.365. The highest BCUT2D eigenvalue weighted by Gasteiger charge is 2.47. The molecule has 2 saturated heterocycles. The molecule has 0 bridgehead atoms. The third-order valence-electron chi connectivity index (χ3n) is 7.84. The van der Waals surface area contributed by atoms with Gasteiger partial charge in [-0.2, -0.15) is 0 Å². The average Bonchev–Trinajstić information content (AvgIpc) is 2.87. The third-order valence-corrected chi connectivity index (χ3v) is 8.16. The molecule has 0 aliphatic carbocycles. The van der Waals surface area contributed by atoms with E-state index in [1.165, 1.54) is 6.92 Å². The summed E-state index contributed by atoms with van der Waals surface area (Å²) >= 11 is 6.62. The van der Waals surface area contributed by atoms with Crippen molar-refractivity contribution in [3.05, 3.63) is 40.2 Å². The molecule has 0 saturated carbocycles. The summed E-state index contributed by atoms with van der Waals surface area (Å²) in [5, 5.41) is 10.5. The fraction of sp³-hybridized carbons (Fsp3) is 0.567. The number of carbonyl (C=O) groups excluding carboxylic acids is 1. The third kappa shape index (κ3) is 7.16. The maximum Gasteiger partial charge on any atom is 0.251 e. The Kier molecular flexibility index (Phi) is 9.87. The lowest BCUT2D eigenvalue weighted by Gasteiger charge is -2.55. The van der Waals surface area contributed by atoms with Crippen molar-refractivity contribution in [3.8, 4) is 17.1 Å². The Labute approximate surface area is 245 Å². The fourth-order valence-electron chi connectivity index (χ4n) is 6.01. The molecule has 1 aromatic carbocycles. The van der Waals surface area contributed by atoms with Gasteiger partial charge in [-0.25, -0.2) is 18.7 Å². The molecule has 1 aromatic heterocycles. The molecule has 1 atom stereocenters. The number of ketones is 1. The number of anilines is 1. The van der Waals surface area contributed by atoms with Gasteiger partial charge in [-0.15, -0.1) is 0 Å². The molecule has 224 valence electrons. The Hall–Kier alpha value is -2.82. The Bertz CT molecular complexity index is 1300. The second-order valence-electron chi connectivity index (χ2n) is 11.4. The number of rotatable bonds is 11. The maximum atomic E-state index is 13.1. The highest BCUT2D eigenvalue weighted by atomic mass is 35.5. The van der Waals surface area contributed by atoms with Gasteiger partial charge in [0.25, 0.3) is 6.43 Å². The second kappa shape index (κ2) is 13.0. The number of ether oxygens (including phenoxy) is 1. The zero-order valence-corrected chi connectivity index (χ0v) is 25.0. The fourth-order valence-corrected chi connectivity index (χ4v) is 6.22. The van der Waals surface area contributed by atoms with Gasteiger partial charge in [-0.3, -0.25) is 9.69 Å². The van der Waals surface area contributed by atoms with Crippen LogP contribution >= 0.6 is 11.6 Å². The number of likely N-dealkylation sites (tertiary alicyclic amines) is 1. The number of carbonyl (C=O) groups is 1. The van der Waals surface area contributed by atoms with Gasteiger partial charge >= 0.3 is 0 Å². The number of nitrogens with zero attached hydrogens (tertiary/aromatic N) is 4. The Morgan fingerprint density at radius 3 is 2.61 bits per heavy atom. The lowest BCUT2D eigenvalue weighted by atomic mass is 9.73. The topological polar surface area (TPSA) is 105 Å². The lowest BCUT2D eigenvalue weighted by molar-refractivity contribution is -0.111. The molecule has 8 nitrogen and oxygen atoms in total. The summed E-state index contributed by atoms with van der Waals surface area (Å²) in [7, 11) is 0. The normalized spacial score (nSPS) is 18.3. The van der Waals surface area contributed by atoms with E-state index in [1.54, 1.807) is 25.1 Å². The van der Waals surface area contributed by atoms with Crippen LogP contribution in [0.25, 0.3) is 17.0 Å². The minimum atomic E-state index is -2.36. The van der Waals surface area contributed by atoms with Gasteiger partial charge in [0.15, 0.2) is 11.6 Å². The van der Waals surface area contributed by atoms with Gasteiger partial charge in [0.2, 0.25) is 0 Å². The Morgan fingerprint density at radius 2 is 1.98 bits per heavy atom. The van der Waals surface area contributed by atoms with Crippen LogP contribution in [0.5, 0.6) is 5.75 Å². The van der Waals surface area contributed by atoms with Crippen LogP contribution in [-0.4, -0.2) is 77.6 Å². The van der Waals surface area contributed by atoms with Gasteiger partial charge in [-0.1, -0.05) is 24.9 Å². The van der Waals surface area contributed by atoms with Crippen LogP contribution in [0.1, 0.15) is 57.7 Å². The van der Waals surface area contributed by atoms with Crippen molar-refractivity contribution < 1.29 is 23.4 Å². The molecule has 1 spiro atoms. The maximum absolute atomic E-state index is 13.1.